The number of halogens is 1. The van der Waals surface area contributed by atoms with Gasteiger partial charge >= 0.3 is 0 Å². The lowest BCUT2D eigenvalue weighted by Crippen LogP contribution is -2.39. The molecule has 0 unspecified atom stereocenters. The molecule has 0 spiro atoms. The van der Waals surface area contributed by atoms with Crippen LogP contribution in [-0.2, 0) is 0 Å². The number of rotatable bonds is 7. The Balaban J connectivity index is 1.97. The minimum absolute atomic E-state index is 0.0696. The summed E-state index contributed by atoms with van der Waals surface area (Å²) in [6, 6.07) is 12.1. The van der Waals surface area contributed by atoms with E-state index in [4.69, 9.17) is 0 Å². The highest BCUT2D eigenvalue weighted by atomic mass is 32.1. The summed E-state index contributed by atoms with van der Waals surface area (Å²) in [7, 11) is 0. The summed E-state index contributed by atoms with van der Waals surface area (Å²) in [6.45, 7) is 9.30. The fraction of sp³-hybridized carbons (Fsp3) is 0.333. The van der Waals surface area contributed by atoms with Crippen LogP contribution in [0.2, 0.25) is 0 Å². The molecule has 0 radical (unpaired) electrons. The van der Waals surface area contributed by atoms with Crippen molar-refractivity contribution in [2.75, 3.05) is 31.1 Å². The third-order valence-corrected chi connectivity index (χ3v) is 5.77. The average molecular weight is 386 g/mol. The van der Waals surface area contributed by atoms with Gasteiger partial charge in [-0.15, -0.1) is 0 Å². The third kappa shape index (κ3) is 4.34. The van der Waals surface area contributed by atoms with Crippen molar-refractivity contribution in [2.45, 2.75) is 20.8 Å². The molecule has 2 aromatic carbocycles. The van der Waals surface area contributed by atoms with E-state index in [0.29, 0.717) is 22.8 Å². The molecule has 3 aromatic rings. The van der Waals surface area contributed by atoms with Crippen molar-refractivity contribution in [3.63, 3.8) is 0 Å². The fourth-order valence-electron chi connectivity index (χ4n) is 3.03. The molecule has 27 heavy (non-hydrogen) atoms. The summed E-state index contributed by atoms with van der Waals surface area (Å²) < 4.78 is 14.3. The number of carbonyl (C=O) groups excluding carboxylic acids is 1. The molecular weight excluding hydrogens is 361 g/mol. The lowest BCUT2D eigenvalue weighted by molar-refractivity contribution is 0.0983. The Morgan fingerprint density at radius 1 is 1.11 bits per heavy atom. The van der Waals surface area contributed by atoms with Gasteiger partial charge in [-0.05, 0) is 49.8 Å². The molecule has 0 saturated heterocycles. The van der Waals surface area contributed by atoms with Crippen LogP contribution in [0.25, 0.3) is 10.2 Å². The summed E-state index contributed by atoms with van der Waals surface area (Å²) in [5, 5.41) is 0.607. The smallest absolute Gasteiger partial charge is 0.260 e. The highest BCUT2D eigenvalue weighted by Gasteiger charge is 2.23. The zero-order valence-corrected chi connectivity index (χ0v) is 16.7. The van der Waals surface area contributed by atoms with E-state index in [9.17, 15) is 9.18 Å². The van der Waals surface area contributed by atoms with E-state index in [1.54, 1.807) is 11.0 Å². The van der Waals surface area contributed by atoms with Gasteiger partial charge < -0.3 is 4.90 Å². The van der Waals surface area contributed by atoms with Crippen LogP contribution in [0, 0.1) is 12.7 Å². The molecule has 0 atom stereocenters. The van der Waals surface area contributed by atoms with E-state index >= 15 is 0 Å². The van der Waals surface area contributed by atoms with Gasteiger partial charge in [0.2, 0.25) is 0 Å². The molecule has 0 bridgehead atoms. The summed E-state index contributed by atoms with van der Waals surface area (Å²) in [4.78, 5) is 21.9. The number of hydrogen-bond donors (Lipinski definition) is 0. The van der Waals surface area contributed by atoms with E-state index in [1.165, 1.54) is 23.5 Å². The van der Waals surface area contributed by atoms with Gasteiger partial charge in [-0.1, -0.05) is 43.4 Å². The molecule has 6 heteroatoms. The van der Waals surface area contributed by atoms with Crippen LogP contribution in [0.3, 0.4) is 0 Å². The minimum Gasteiger partial charge on any atom is -0.302 e. The van der Waals surface area contributed by atoms with Gasteiger partial charge in [0.15, 0.2) is 5.13 Å². The molecule has 4 nitrogen and oxygen atoms in total. The molecule has 1 amide bonds. The predicted octanol–water partition coefficient (Wildman–Crippen LogP) is 4.73. The Bertz CT molecular complexity index is 936. The zero-order valence-electron chi connectivity index (χ0n) is 15.9. The fourth-order valence-corrected chi connectivity index (χ4v) is 4.04. The number of aromatic nitrogens is 1. The van der Waals surface area contributed by atoms with Crippen LogP contribution in [0.1, 0.15) is 29.8 Å². The number of fused-ring (bicyclic) bond motifs is 1. The van der Waals surface area contributed by atoms with Crippen molar-refractivity contribution in [1.29, 1.82) is 0 Å². The summed E-state index contributed by atoms with van der Waals surface area (Å²) in [6.07, 6.45) is 0. The van der Waals surface area contributed by atoms with Crippen LogP contribution in [0.15, 0.2) is 42.5 Å². The Morgan fingerprint density at radius 3 is 2.56 bits per heavy atom. The minimum atomic E-state index is -0.294. The quantitative estimate of drug-likeness (QED) is 0.590. The number of benzene rings is 2. The van der Waals surface area contributed by atoms with Crippen molar-refractivity contribution in [3.05, 3.63) is 59.4 Å². The number of anilines is 1. The van der Waals surface area contributed by atoms with E-state index in [1.807, 2.05) is 31.2 Å². The highest BCUT2D eigenvalue weighted by molar-refractivity contribution is 7.22. The maximum absolute atomic E-state index is 13.6. The van der Waals surface area contributed by atoms with Crippen molar-refractivity contribution in [2.24, 2.45) is 0 Å². The number of thiazole rings is 1. The Morgan fingerprint density at radius 2 is 1.85 bits per heavy atom. The van der Waals surface area contributed by atoms with Crippen LogP contribution in [0.4, 0.5) is 9.52 Å². The molecule has 0 fully saturated rings. The van der Waals surface area contributed by atoms with Crippen molar-refractivity contribution in [3.8, 4) is 0 Å². The number of hydrogen-bond acceptors (Lipinski definition) is 4. The monoisotopic (exact) mass is 385 g/mol. The third-order valence-electron chi connectivity index (χ3n) is 4.72. The maximum atomic E-state index is 13.6. The Labute approximate surface area is 163 Å². The van der Waals surface area contributed by atoms with Crippen molar-refractivity contribution in [1.82, 2.24) is 9.88 Å². The molecule has 1 aromatic heterocycles. The first-order chi connectivity index (χ1) is 13.0. The molecule has 0 aliphatic rings. The zero-order chi connectivity index (χ0) is 19.4. The SMILES string of the molecule is CCN(CC)CCN(C(=O)c1ccccc1C)c1nc2ccc(F)cc2s1. The summed E-state index contributed by atoms with van der Waals surface area (Å²) in [5.74, 6) is -0.364. The number of carbonyl (C=O) groups is 1. The van der Waals surface area contributed by atoms with Gasteiger partial charge in [-0.3, -0.25) is 9.69 Å². The molecular formula is C21H24FN3OS. The first kappa shape index (κ1) is 19.5. The van der Waals surface area contributed by atoms with Crippen LogP contribution in [0.5, 0.6) is 0 Å². The molecule has 1 heterocycles. The van der Waals surface area contributed by atoms with Crippen molar-refractivity contribution < 1.29 is 9.18 Å². The molecule has 0 saturated carbocycles. The standard InChI is InChI=1S/C21H24FN3OS/c1-4-24(5-2)12-13-25(20(26)17-9-7-6-8-15(17)3)21-23-18-11-10-16(22)14-19(18)27-21/h6-11,14H,4-5,12-13H2,1-3H3. The molecule has 0 N–H and O–H groups in total. The highest BCUT2D eigenvalue weighted by Crippen LogP contribution is 2.30. The topological polar surface area (TPSA) is 36.4 Å². The second kappa shape index (κ2) is 8.59. The van der Waals surface area contributed by atoms with Crippen molar-refractivity contribution >= 4 is 32.6 Å². The maximum Gasteiger partial charge on any atom is 0.260 e. The molecule has 0 aliphatic heterocycles. The largest absolute Gasteiger partial charge is 0.302 e. The molecule has 0 aliphatic carbocycles. The van der Waals surface area contributed by atoms with E-state index in [-0.39, 0.29) is 11.7 Å². The molecule has 3 rings (SSSR count). The number of aryl methyl sites for hydroxylation is 1. The van der Waals surface area contributed by atoms with Crippen LogP contribution >= 0.6 is 11.3 Å². The lowest BCUT2D eigenvalue weighted by atomic mass is 10.1. The number of amides is 1. The van der Waals surface area contributed by atoms with Gasteiger partial charge in [0.1, 0.15) is 5.82 Å². The molecule has 142 valence electrons. The van der Waals surface area contributed by atoms with Gasteiger partial charge in [0.05, 0.1) is 10.2 Å². The first-order valence-corrected chi connectivity index (χ1v) is 10.0. The first-order valence-electron chi connectivity index (χ1n) is 9.19. The van der Waals surface area contributed by atoms with Crippen LogP contribution < -0.4 is 4.90 Å². The second-order valence-electron chi connectivity index (χ2n) is 6.41. The normalized spacial score (nSPS) is 11.3. The van der Waals surface area contributed by atoms with E-state index < -0.39 is 0 Å². The summed E-state index contributed by atoms with van der Waals surface area (Å²) >= 11 is 1.35. The van der Waals surface area contributed by atoms with Crippen LogP contribution in [-0.4, -0.2) is 42.0 Å². The predicted molar refractivity (Wildman–Crippen MR) is 110 cm³/mol. The Kier molecular flexibility index (Phi) is 6.19. The van der Waals surface area contributed by atoms with Gasteiger partial charge in [0.25, 0.3) is 5.91 Å². The number of likely N-dealkylation sites (N-methyl/N-ethyl adjacent to an activating group) is 1. The van der Waals surface area contributed by atoms with Gasteiger partial charge in [-0.2, -0.15) is 0 Å². The van der Waals surface area contributed by atoms with Gasteiger partial charge in [-0.25, -0.2) is 9.37 Å². The Hall–Kier alpha value is -2.31. The van der Waals surface area contributed by atoms with E-state index in [0.717, 1.165) is 29.9 Å². The summed E-state index contributed by atoms with van der Waals surface area (Å²) in [5.41, 5.74) is 2.31. The van der Waals surface area contributed by atoms with E-state index in [2.05, 4.69) is 23.7 Å². The van der Waals surface area contributed by atoms with Gasteiger partial charge in [0, 0.05) is 18.7 Å². The second-order valence-corrected chi connectivity index (χ2v) is 7.42. The average Bonchev–Trinajstić information content (AvgIpc) is 3.08. The number of nitrogens with zero attached hydrogens (tertiary/aromatic N) is 3. The lowest BCUT2D eigenvalue weighted by Gasteiger charge is -2.25.